The summed E-state index contributed by atoms with van der Waals surface area (Å²) in [5.74, 6) is 1.95. The van der Waals surface area contributed by atoms with Crippen LogP contribution in [0, 0.1) is 17.8 Å². The Morgan fingerprint density at radius 1 is 1.40 bits per heavy atom. The fourth-order valence-corrected chi connectivity index (χ4v) is 2.08. The van der Waals surface area contributed by atoms with Crippen molar-refractivity contribution in [3.8, 4) is 0 Å². The molecule has 0 aromatic heterocycles. The average molecular weight is 137 g/mol. The molecule has 2 rings (SSSR count). The van der Waals surface area contributed by atoms with E-state index in [0.29, 0.717) is 11.8 Å². The van der Waals surface area contributed by atoms with E-state index in [0.717, 1.165) is 5.92 Å². The summed E-state index contributed by atoms with van der Waals surface area (Å²) in [4.78, 5) is 0. The second-order valence-corrected chi connectivity index (χ2v) is 3.21. The maximum atomic E-state index is 8.30. The third-order valence-electron chi connectivity index (χ3n) is 2.59. The van der Waals surface area contributed by atoms with Crippen molar-refractivity contribution in [3.05, 3.63) is 12.2 Å². The zero-order valence-electron chi connectivity index (χ0n) is 5.77. The third-order valence-corrected chi connectivity index (χ3v) is 2.59. The third kappa shape index (κ3) is 0.753. The van der Waals surface area contributed by atoms with Gasteiger partial charge in [-0.25, -0.2) is 0 Å². The lowest BCUT2D eigenvalue weighted by atomic mass is 9.95. The largest absolute Gasteiger partial charge is 0.411 e. The number of hydrogen-bond donors (Lipinski definition) is 1. The molecule has 10 heavy (non-hydrogen) atoms. The predicted molar refractivity (Wildman–Crippen MR) is 39.1 cm³/mol. The molecule has 0 saturated heterocycles. The van der Waals surface area contributed by atoms with Crippen molar-refractivity contribution in [3.63, 3.8) is 0 Å². The summed E-state index contributed by atoms with van der Waals surface area (Å²) in [7, 11) is 0. The van der Waals surface area contributed by atoms with E-state index in [1.165, 1.54) is 12.8 Å². The second kappa shape index (κ2) is 2.11. The van der Waals surface area contributed by atoms with Crippen molar-refractivity contribution in [1.29, 1.82) is 0 Å². The first-order chi connectivity index (χ1) is 4.90. The van der Waals surface area contributed by atoms with Crippen LogP contribution < -0.4 is 0 Å². The van der Waals surface area contributed by atoms with Gasteiger partial charge in [0.25, 0.3) is 0 Å². The Balaban J connectivity index is 2.09. The van der Waals surface area contributed by atoms with E-state index in [1.807, 2.05) is 0 Å². The average Bonchev–Trinajstić information content (AvgIpc) is 2.48. The highest BCUT2D eigenvalue weighted by Gasteiger charge is 2.34. The molecule has 0 spiro atoms. The van der Waals surface area contributed by atoms with Crippen LogP contribution in [0.1, 0.15) is 12.8 Å². The molecule has 0 unspecified atom stereocenters. The van der Waals surface area contributed by atoms with Crippen molar-refractivity contribution < 1.29 is 5.21 Å². The maximum Gasteiger partial charge on any atom is 0.0472 e. The van der Waals surface area contributed by atoms with Gasteiger partial charge in [0, 0.05) is 12.1 Å². The standard InChI is InChI=1S/C8H11NO/c10-9-5-8-4-6-1-2-7(8)3-6/h1-2,5-8,10H,3-4H2/b9-5-/t6-,7-,8-/m0/s1. The van der Waals surface area contributed by atoms with E-state index in [2.05, 4.69) is 17.3 Å². The van der Waals surface area contributed by atoms with Crippen LogP contribution in [0.15, 0.2) is 17.3 Å². The summed E-state index contributed by atoms with van der Waals surface area (Å²) in [6, 6.07) is 0. The minimum Gasteiger partial charge on any atom is -0.411 e. The molecule has 54 valence electrons. The van der Waals surface area contributed by atoms with Gasteiger partial charge in [0.1, 0.15) is 0 Å². The Labute approximate surface area is 60.2 Å². The molecule has 1 N–H and O–H groups in total. The number of hydrogen-bond acceptors (Lipinski definition) is 2. The van der Waals surface area contributed by atoms with Gasteiger partial charge < -0.3 is 5.21 Å². The van der Waals surface area contributed by atoms with E-state index in [1.54, 1.807) is 6.21 Å². The van der Waals surface area contributed by atoms with Gasteiger partial charge in [-0.1, -0.05) is 12.2 Å². The number of fused-ring (bicyclic) bond motifs is 2. The fourth-order valence-electron chi connectivity index (χ4n) is 2.08. The topological polar surface area (TPSA) is 32.6 Å². The summed E-state index contributed by atoms with van der Waals surface area (Å²) in [6.07, 6.45) is 8.67. The smallest absolute Gasteiger partial charge is 0.0472 e. The molecule has 0 radical (unpaired) electrons. The van der Waals surface area contributed by atoms with E-state index in [9.17, 15) is 0 Å². The molecule has 2 aliphatic carbocycles. The van der Waals surface area contributed by atoms with Crippen LogP contribution in [0.4, 0.5) is 0 Å². The molecule has 2 bridgehead atoms. The van der Waals surface area contributed by atoms with E-state index >= 15 is 0 Å². The van der Waals surface area contributed by atoms with Crippen molar-refractivity contribution in [2.75, 3.05) is 0 Å². The number of nitrogens with zero attached hydrogens (tertiary/aromatic N) is 1. The minimum atomic E-state index is 0.514. The van der Waals surface area contributed by atoms with Crippen molar-refractivity contribution in [2.24, 2.45) is 22.9 Å². The monoisotopic (exact) mass is 137 g/mol. The molecule has 3 atom stereocenters. The normalized spacial score (nSPS) is 43.8. The van der Waals surface area contributed by atoms with E-state index in [-0.39, 0.29) is 0 Å². The molecule has 1 saturated carbocycles. The first-order valence-electron chi connectivity index (χ1n) is 3.76. The predicted octanol–water partition coefficient (Wildman–Crippen LogP) is 1.66. The quantitative estimate of drug-likeness (QED) is 0.253. The van der Waals surface area contributed by atoms with Gasteiger partial charge in [-0.05, 0) is 24.7 Å². The number of rotatable bonds is 1. The van der Waals surface area contributed by atoms with Gasteiger partial charge in [-0.3, -0.25) is 0 Å². The highest BCUT2D eigenvalue weighted by Crippen LogP contribution is 2.42. The highest BCUT2D eigenvalue weighted by molar-refractivity contribution is 5.62. The second-order valence-electron chi connectivity index (χ2n) is 3.21. The summed E-state index contributed by atoms with van der Waals surface area (Å²) in [5.41, 5.74) is 0. The summed E-state index contributed by atoms with van der Waals surface area (Å²) >= 11 is 0. The molecular formula is C8H11NO. The van der Waals surface area contributed by atoms with Gasteiger partial charge in [0.2, 0.25) is 0 Å². The van der Waals surface area contributed by atoms with E-state index in [4.69, 9.17) is 5.21 Å². The molecule has 0 aromatic rings. The van der Waals surface area contributed by atoms with Crippen molar-refractivity contribution in [1.82, 2.24) is 0 Å². The van der Waals surface area contributed by atoms with Gasteiger partial charge in [-0.2, -0.15) is 0 Å². The van der Waals surface area contributed by atoms with Crippen LogP contribution in [0.3, 0.4) is 0 Å². The maximum absolute atomic E-state index is 8.30. The lowest BCUT2D eigenvalue weighted by Crippen LogP contribution is -2.07. The number of allylic oxidation sites excluding steroid dienone is 2. The molecule has 2 heteroatoms. The highest BCUT2D eigenvalue weighted by atomic mass is 16.4. The minimum absolute atomic E-state index is 0.514. The lowest BCUT2D eigenvalue weighted by Gasteiger charge is -2.10. The van der Waals surface area contributed by atoms with Crippen LogP contribution in [0.25, 0.3) is 0 Å². The molecule has 2 nitrogen and oxygen atoms in total. The van der Waals surface area contributed by atoms with Gasteiger partial charge >= 0.3 is 0 Å². The van der Waals surface area contributed by atoms with Gasteiger partial charge in [0.05, 0.1) is 0 Å². The Bertz CT molecular complexity index is 186. The fraction of sp³-hybridized carbons (Fsp3) is 0.625. The van der Waals surface area contributed by atoms with Crippen LogP contribution in [-0.4, -0.2) is 11.4 Å². The Kier molecular flexibility index (Phi) is 1.26. The first kappa shape index (κ1) is 5.96. The molecule has 0 heterocycles. The summed E-state index contributed by atoms with van der Waals surface area (Å²) < 4.78 is 0. The van der Waals surface area contributed by atoms with Crippen molar-refractivity contribution >= 4 is 6.21 Å². The van der Waals surface area contributed by atoms with Gasteiger partial charge in [-0.15, -0.1) is 5.16 Å². The van der Waals surface area contributed by atoms with Crippen LogP contribution >= 0.6 is 0 Å². The molecule has 0 amide bonds. The van der Waals surface area contributed by atoms with Crippen LogP contribution in [0.2, 0.25) is 0 Å². The summed E-state index contributed by atoms with van der Waals surface area (Å²) in [5, 5.41) is 11.4. The van der Waals surface area contributed by atoms with Crippen molar-refractivity contribution in [2.45, 2.75) is 12.8 Å². The Morgan fingerprint density at radius 3 is 2.80 bits per heavy atom. The zero-order valence-corrected chi connectivity index (χ0v) is 5.77. The lowest BCUT2D eigenvalue weighted by molar-refractivity contribution is 0.316. The molecule has 0 aliphatic heterocycles. The Hall–Kier alpha value is -0.790. The molecule has 0 aromatic carbocycles. The molecule has 1 fully saturated rings. The Morgan fingerprint density at radius 2 is 2.30 bits per heavy atom. The molecular weight excluding hydrogens is 126 g/mol. The zero-order chi connectivity index (χ0) is 6.97. The SMILES string of the molecule is O/N=C\[C@@H]1C[C@H]2C=C[C@H]1C2. The number of oxime groups is 1. The van der Waals surface area contributed by atoms with Crippen LogP contribution in [-0.2, 0) is 0 Å². The first-order valence-corrected chi connectivity index (χ1v) is 3.76. The van der Waals surface area contributed by atoms with Gasteiger partial charge in [0.15, 0.2) is 0 Å². The van der Waals surface area contributed by atoms with Crippen LogP contribution in [0.5, 0.6) is 0 Å². The van der Waals surface area contributed by atoms with E-state index < -0.39 is 0 Å². The molecule has 2 aliphatic rings. The summed E-state index contributed by atoms with van der Waals surface area (Å²) in [6.45, 7) is 0.